The molecule has 11 heteroatoms. The van der Waals surface area contributed by atoms with Gasteiger partial charge in [0.05, 0.1) is 24.0 Å². The lowest BCUT2D eigenvalue weighted by atomic mass is 10.1. The van der Waals surface area contributed by atoms with E-state index in [1.54, 1.807) is 6.07 Å². The number of nitrogens with one attached hydrogen (secondary N) is 1. The lowest BCUT2D eigenvalue weighted by Crippen LogP contribution is -2.35. The van der Waals surface area contributed by atoms with Crippen molar-refractivity contribution in [1.82, 2.24) is 5.01 Å². The van der Waals surface area contributed by atoms with Crippen molar-refractivity contribution in [1.29, 1.82) is 5.41 Å². The smallest absolute Gasteiger partial charge is 0.379 e. The molecule has 2 aliphatic rings. The molecule has 1 amide bonds. The first-order chi connectivity index (χ1) is 14.9. The van der Waals surface area contributed by atoms with Gasteiger partial charge in [0.25, 0.3) is 5.91 Å². The van der Waals surface area contributed by atoms with Crippen LogP contribution in [0.25, 0.3) is 6.08 Å². The minimum absolute atomic E-state index is 0.00574. The highest BCUT2D eigenvalue weighted by Crippen LogP contribution is 2.38. The van der Waals surface area contributed by atoms with E-state index >= 15 is 0 Å². The van der Waals surface area contributed by atoms with Gasteiger partial charge in [-0.25, -0.2) is 4.79 Å². The Balaban J connectivity index is 1.66. The van der Waals surface area contributed by atoms with Gasteiger partial charge in [-0.05, 0) is 54.1 Å². The van der Waals surface area contributed by atoms with Crippen molar-refractivity contribution in [2.75, 3.05) is 7.11 Å². The summed E-state index contributed by atoms with van der Waals surface area (Å²) in [5.74, 6) is -1.20. The maximum absolute atomic E-state index is 12.5. The van der Waals surface area contributed by atoms with Gasteiger partial charge in [-0.1, -0.05) is 18.5 Å². The third kappa shape index (κ3) is 3.99. The molecule has 0 unspecified atom stereocenters. The zero-order chi connectivity index (χ0) is 22.1. The van der Waals surface area contributed by atoms with Gasteiger partial charge in [0.2, 0.25) is 10.9 Å². The van der Waals surface area contributed by atoms with Crippen LogP contribution >= 0.6 is 23.4 Å². The molecule has 9 nitrogen and oxygen atoms in total. The summed E-state index contributed by atoms with van der Waals surface area (Å²) in [6.07, 6.45) is 3.48. The molecule has 3 heterocycles. The number of carbonyl (C=O) groups excluding carboxylic acids is 2. The number of esters is 1. The zero-order valence-corrected chi connectivity index (χ0v) is 17.9. The molecular weight excluding hydrogens is 444 g/mol. The number of hydrogen-bond donors (Lipinski definition) is 1. The number of halogens is 1. The van der Waals surface area contributed by atoms with Gasteiger partial charge in [0.1, 0.15) is 5.04 Å². The Labute approximate surface area is 185 Å². The molecular formula is C20H15ClN4O5S. The second kappa shape index (κ2) is 8.40. The van der Waals surface area contributed by atoms with Crippen LogP contribution in [0.4, 0.5) is 0 Å². The van der Waals surface area contributed by atoms with Gasteiger partial charge in [0.15, 0.2) is 17.3 Å². The third-order valence-electron chi connectivity index (χ3n) is 4.28. The first kappa shape index (κ1) is 20.9. The molecule has 0 fully saturated rings. The van der Waals surface area contributed by atoms with Crippen LogP contribution in [0, 0.1) is 5.41 Å². The minimum Gasteiger partial charge on any atom is -0.493 e. The summed E-state index contributed by atoms with van der Waals surface area (Å²) in [6.45, 7) is 1.93. The van der Waals surface area contributed by atoms with Crippen molar-refractivity contribution in [2.45, 2.75) is 13.3 Å². The topological polar surface area (TPSA) is 118 Å². The van der Waals surface area contributed by atoms with Crippen molar-refractivity contribution in [3.8, 4) is 11.5 Å². The fraction of sp³-hybridized carbons (Fsp3) is 0.150. The second-order valence-corrected chi connectivity index (χ2v) is 7.72. The lowest BCUT2D eigenvalue weighted by Gasteiger charge is -2.20. The average molecular weight is 459 g/mol. The number of methoxy groups -OCH3 is 1. The van der Waals surface area contributed by atoms with E-state index in [1.165, 1.54) is 54.4 Å². The molecule has 0 saturated carbocycles. The summed E-state index contributed by atoms with van der Waals surface area (Å²) in [6, 6.07) is 6.03. The van der Waals surface area contributed by atoms with Gasteiger partial charge in [-0.3, -0.25) is 10.2 Å². The van der Waals surface area contributed by atoms with Crippen LogP contribution in [0.3, 0.4) is 0 Å². The van der Waals surface area contributed by atoms with Crippen LogP contribution in [0.15, 0.2) is 50.6 Å². The fourth-order valence-electron chi connectivity index (χ4n) is 2.80. The number of hydrogen-bond acceptors (Lipinski definition) is 8. The second-order valence-electron chi connectivity index (χ2n) is 6.27. The number of carbonyl (C=O) groups is 2. The molecule has 0 bridgehead atoms. The Hall–Kier alpha value is -3.37. The molecule has 31 heavy (non-hydrogen) atoms. The molecule has 4 rings (SSSR count). The van der Waals surface area contributed by atoms with Gasteiger partial charge in [0, 0.05) is 0 Å². The highest BCUT2D eigenvalue weighted by molar-refractivity contribution is 8.26. The minimum atomic E-state index is -0.737. The Morgan fingerprint density at radius 2 is 2.23 bits per heavy atom. The molecule has 0 spiro atoms. The zero-order valence-electron chi connectivity index (χ0n) is 16.3. The summed E-state index contributed by atoms with van der Waals surface area (Å²) < 4.78 is 15.6. The van der Waals surface area contributed by atoms with E-state index in [4.69, 9.17) is 30.9 Å². The van der Waals surface area contributed by atoms with Crippen molar-refractivity contribution in [3.05, 3.63) is 52.4 Å². The molecule has 158 valence electrons. The first-order valence-electron chi connectivity index (χ1n) is 9.03. The molecule has 2 aliphatic heterocycles. The number of amides is 1. The largest absolute Gasteiger partial charge is 0.493 e. The summed E-state index contributed by atoms with van der Waals surface area (Å²) >= 11 is 7.58. The molecule has 2 aromatic rings. The molecule has 1 aromatic heterocycles. The number of amidine groups is 2. The van der Waals surface area contributed by atoms with Gasteiger partial charge in [-0.15, -0.1) is 0 Å². The van der Waals surface area contributed by atoms with Gasteiger partial charge >= 0.3 is 5.97 Å². The van der Waals surface area contributed by atoms with Crippen LogP contribution in [0.2, 0.25) is 5.02 Å². The summed E-state index contributed by atoms with van der Waals surface area (Å²) in [7, 11) is 1.39. The van der Waals surface area contributed by atoms with Crippen molar-refractivity contribution >= 4 is 57.4 Å². The predicted molar refractivity (Wildman–Crippen MR) is 117 cm³/mol. The molecule has 0 radical (unpaired) electrons. The van der Waals surface area contributed by atoms with E-state index < -0.39 is 11.9 Å². The Morgan fingerprint density at radius 3 is 2.90 bits per heavy atom. The van der Waals surface area contributed by atoms with E-state index in [2.05, 4.69) is 10.1 Å². The maximum atomic E-state index is 12.5. The monoisotopic (exact) mass is 458 g/mol. The SMILES string of the molecule is CCC1=NN2C(=N)C(=Cc3cc(Cl)c(OC(=O)c4ccco4)c(OC)c3)C(=O)N=C2S1. The number of benzene rings is 1. The normalized spacial score (nSPS) is 16.9. The van der Waals surface area contributed by atoms with Crippen LogP contribution in [-0.2, 0) is 4.79 Å². The lowest BCUT2D eigenvalue weighted by molar-refractivity contribution is -0.114. The summed E-state index contributed by atoms with van der Waals surface area (Å²) in [4.78, 5) is 28.7. The quantitative estimate of drug-likeness (QED) is 0.405. The molecule has 1 aromatic carbocycles. The average Bonchev–Trinajstić information content (AvgIpc) is 3.42. The maximum Gasteiger partial charge on any atom is 0.379 e. The number of ether oxygens (including phenoxy) is 2. The summed E-state index contributed by atoms with van der Waals surface area (Å²) in [5, 5.41) is 15.2. The molecule has 0 atom stereocenters. The number of aliphatic imine (C=N–C) groups is 1. The Morgan fingerprint density at radius 1 is 1.42 bits per heavy atom. The van der Waals surface area contributed by atoms with E-state index in [1.807, 2.05) is 6.92 Å². The van der Waals surface area contributed by atoms with Crippen molar-refractivity contribution in [2.24, 2.45) is 10.1 Å². The van der Waals surface area contributed by atoms with E-state index in [9.17, 15) is 9.59 Å². The number of rotatable bonds is 5. The molecule has 0 aliphatic carbocycles. The number of furan rings is 1. The molecule has 0 saturated heterocycles. The highest BCUT2D eigenvalue weighted by Gasteiger charge is 2.35. The van der Waals surface area contributed by atoms with Crippen LogP contribution in [-0.4, -0.2) is 40.0 Å². The number of hydrazone groups is 1. The molecule has 1 N–H and O–H groups in total. The Bertz CT molecular complexity index is 1190. The predicted octanol–water partition coefficient (Wildman–Crippen LogP) is 4.19. The number of nitrogens with zero attached hydrogens (tertiary/aromatic N) is 3. The van der Waals surface area contributed by atoms with Crippen molar-refractivity contribution in [3.63, 3.8) is 0 Å². The third-order valence-corrected chi connectivity index (χ3v) is 5.61. The van der Waals surface area contributed by atoms with Crippen LogP contribution in [0.1, 0.15) is 29.5 Å². The Kier molecular flexibility index (Phi) is 5.66. The standard InChI is InChI=1S/C20H15ClN4O5S/c1-3-15-24-25-17(22)11(18(26)23-20(25)31-15)7-10-8-12(21)16(14(9-10)28-2)30-19(27)13-5-4-6-29-13/h4-9,22H,3H2,1-2H3. The highest BCUT2D eigenvalue weighted by atomic mass is 35.5. The number of thioether (sulfide) groups is 1. The fourth-order valence-corrected chi connectivity index (χ4v) is 3.88. The summed E-state index contributed by atoms with van der Waals surface area (Å²) in [5.41, 5.74) is 0.502. The number of fused-ring (bicyclic) bond motifs is 1. The van der Waals surface area contributed by atoms with Gasteiger partial charge in [-0.2, -0.15) is 15.1 Å². The van der Waals surface area contributed by atoms with E-state index in [0.29, 0.717) is 17.2 Å². The first-order valence-corrected chi connectivity index (χ1v) is 10.2. The van der Waals surface area contributed by atoms with Crippen LogP contribution in [0.5, 0.6) is 11.5 Å². The van der Waals surface area contributed by atoms with Crippen molar-refractivity contribution < 1.29 is 23.5 Å². The van der Waals surface area contributed by atoms with Gasteiger partial charge < -0.3 is 13.9 Å². The van der Waals surface area contributed by atoms with E-state index in [-0.39, 0.29) is 33.7 Å². The van der Waals surface area contributed by atoms with E-state index in [0.717, 1.165) is 5.04 Å². The van der Waals surface area contributed by atoms with Crippen LogP contribution < -0.4 is 9.47 Å².